The van der Waals surface area contributed by atoms with Gasteiger partial charge in [-0.1, -0.05) is 6.92 Å². The number of nitrogens with one attached hydrogen (secondary N) is 3. The summed E-state index contributed by atoms with van der Waals surface area (Å²) in [4.78, 5) is 23.7. The van der Waals surface area contributed by atoms with Crippen LogP contribution >= 0.6 is 0 Å². The zero-order valence-electron chi connectivity index (χ0n) is 14.7. The van der Waals surface area contributed by atoms with E-state index in [2.05, 4.69) is 51.6 Å². The first-order chi connectivity index (χ1) is 12.1. The third kappa shape index (κ3) is 3.51. The van der Waals surface area contributed by atoms with Gasteiger partial charge in [-0.15, -0.1) is 0 Å². The first-order valence-electron chi connectivity index (χ1n) is 8.37. The van der Waals surface area contributed by atoms with Gasteiger partial charge >= 0.3 is 0 Å². The zero-order chi connectivity index (χ0) is 17.8. The number of aromatic amines is 1. The Labute approximate surface area is 146 Å². The summed E-state index contributed by atoms with van der Waals surface area (Å²) in [6.45, 7) is 8.12. The highest BCUT2D eigenvalue weighted by Crippen LogP contribution is 2.23. The van der Waals surface area contributed by atoms with Crippen molar-refractivity contribution in [1.82, 2.24) is 25.7 Å². The highest BCUT2D eigenvalue weighted by Gasteiger charge is 2.25. The minimum atomic E-state index is -0.227. The molecule has 7 heteroatoms. The molecule has 2 aromatic heterocycles. The molecule has 0 saturated heterocycles. The average molecular weight is 338 g/mol. The van der Waals surface area contributed by atoms with E-state index in [9.17, 15) is 4.79 Å². The fourth-order valence-corrected chi connectivity index (χ4v) is 2.96. The van der Waals surface area contributed by atoms with Crippen LogP contribution in [0.25, 0.3) is 6.08 Å². The van der Waals surface area contributed by atoms with E-state index >= 15 is 0 Å². The fraction of sp³-hybridized carbons (Fsp3) is 0.333. The maximum absolute atomic E-state index is 12.2. The van der Waals surface area contributed by atoms with E-state index in [1.807, 2.05) is 6.08 Å². The molecule has 2 aromatic rings. The van der Waals surface area contributed by atoms with Gasteiger partial charge in [-0.05, 0) is 56.6 Å². The number of carbonyl (C=O) groups excluding carboxylic acids is 1. The lowest BCUT2D eigenvalue weighted by Crippen LogP contribution is -2.16. The molecule has 0 bridgehead atoms. The summed E-state index contributed by atoms with van der Waals surface area (Å²) in [6.07, 6.45) is 5.88. The van der Waals surface area contributed by atoms with Gasteiger partial charge in [0.05, 0.1) is 11.3 Å². The standard InChI is InChI=1S/C18H22N6O/c1-4-19-7-5-13-11(2)16(22-12(13)3)9-14-17(23-24-18(14)25)15-6-8-20-10-21-15/h6,8-10,19,22H,4-5,7H2,1-3H3,(H,24,25)/b14-9+. The molecule has 0 fully saturated rings. The van der Waals surface area contributed by atoms with Gasteiger partial charge in [-0.2, -0.15) is 5.10 Å². The van der Waals surface area contributed by atoms with Crippen LogP contribution in [0.2, 0.25) is 0 Å². The number of carbonyl (C=O) groups is 1. The van der Waals surface area contributed by atoms with E-state index in [1.54, 1.807) is 12.3 Å². The summed E-state index contributed by atoms with van der Waals surface area (Å²) in [5.41, 5.74) is 8.67. The molecule has 0 atom stereocenters. The van der Waals surface area contributed by atoms with Gasteiger partial charge in [0.25, 0.3) is 5.91 Å². The predicted molar refractivity (Wildman–Crippen MR) is 97.2 cm³/mol. The Hall–Kier alpha value is -2.80. The lowest BCUT2D eigenvalue weighted by Gasteiger charge is -2.03. The molecule has 25 heavy (non-hydrogen) atoms. The largest absolute Gasteiger partial charge is 0.359 e. The molecule has 1 aliphatic heterocycles. The third-order valence-corrected chi connectivity index (χ3v) is 4.32. The van der Waals surface area contributed by atoms with Gasteiger partial charge in [0.2, 0.25) is 0 Å². The summed E-state index contributed by atoms with van der Waals surface area (Å²) in [7, 11) is 0. The number of aromatic nitrogens is 3. The number of aryl methyl sites for hydroxylation is 1. The number of hydrogen-bond donors (Lipinski definition) is 3. The van der Waals surface area contributed by atoms with Crippen LogP contribution in [0.4, 0.5) is 0 Å². The van der Waals surface area contributed by atoms with E-state index in [-0.39, 0.29) is 5.91 Å². The fourth-order valence-electron chi connectivity index (χ4n) is 2.96. The normalized spacial score (nSPS) is 15.6. The van der Waals surface area contributed by atoms with Crippen LogP contribution < -0.4 is 10.7 Å². The van der Waals surface area contributed by atoms with Crippen LogP contribution in [0.15, 0.2) is 29.3 Å². The maximum atomic E-state index is 12.2. The second-order valence-corrected chi connectivity index (χ2v) is 5.92. The van der Waals surface area contributed by atoms with Gasteiger partial charge in [0, 0.05) is 17.6 Å². The van der Waals surface area contributed by atoms with E-state index in [4.69, 9.17) is 0 Å². The lowest BCUT2D eigenvalue weighted by atomic mass is 10.0. The molecule has 3 rings (SSSR count). The number of amides is 1. The molecule has 0 aliphatic carbocycles. The number of likely N-dealkylation sites (N-methyl/N-ethyl adjacent to an activating group) is 1. The Morgan fingerprint density at radius 1 is 1.32 bits per heavy atom. The summed E-state index contributed by atoms with van der Waals surface area (Å²) in [5.74, 6) is -0.227. The molecular weight excluding hydrogens is 316 g/mol. The van der Waals surface area contributed by atoms with E-state index in [0.29, 0.717) is 17.0 Å². The molecular formula is C18H22N6O. The van der Waals surface area contributed by atoms with Gasteiger partial charge in [-0.25, -0.2) is 15.4 Å². The molecule has 7 nitrogen and oxygen atoms in total. The van der Waals surface area contributed by atoms with Crippen molar-refractivity contribution in [2.45, 2.75) is 27.2 Å². The Morgan fingerprint density at radius 2 is 2.16 bits per heavy atom. The second-order valence-electron chi connectivity index (χ2n) is 5.92. The smallest absolute Gasteiger partial charge is 0.273 e. The van der Waals surface area contributed by atoms with Crippen molar-refractivity contribution in [3.05, 3.63) is 52.4 Å². The van der Waals surface area contributed by atoms with Crippen LogP contribution in [0.3, 0.4) is 0 Å². The molecule has 1 aliphatic rings. The minimum Gasteiger partial charge on any atom is -0.359 e. The van der Waals surface area contributed by atoms with Gasteiger partial charge in [0.15, 0.2) is 0 Å². The maximum Gasteiger partial charge on any atom is 0.273 e. The van der Waals surface area contributed by atoms with Crippen molar-refractivity contribution in [3.63, 3.8) is 0 Å². The highest BCUT2D eigenvalue weighted by atomic mass is 16.2. The Morgan fingerprint density at radius 3 is 2.88 bits per heavy atom. The molecule has 3 N–H and O–H groups in total. The number of rotatable bonds is 6. The van der Waals surface area contributed by atoms with Crippen molar-refractivity contribution in [3.8, 4) is 0 Å². The minimum absolute atomic E-state index is 0.227. The van der Waals surface area contributed by atoms with Gasteiger partial charge < -0.3 is 10.3 Å². The molecule has 0 radical (unpaired) electrons. The molecule has 0 unspecified atom stereocenters. The first kappa shape index (κ1) is 17.0. The Bertz CT molecular complexity index is 835. The second kappa shape index (κ2) is 7.40. The number of H-pyrrole nitrogens is 1. The Balaban J connectivity index is 1.93. The van der Waals surface area contributed by atoms with Crippen molar-refractivity contribution in [2.75, 3.05) is 13.1 Å². The van der Waals surface area contributed by atoms with Crippen LogP contribution in [0.1, 0.15) is 35.1 Å². The zero-order valence-corrected chi connectivity index (χ0v) is 14.7. The van der Waals surface area contributed by atoms with Gasteiger partial charge in [-0.3, -0.25) is 4.79 Å². The summed E-state index contributed by atoms with van der Waals surface area (Å²) < 4.78 is 0. The van der Waals surface area contributed by atoms with E-state index in [1.165, 1.54) is 11.9 Å². The SMILES string of the molecule is CCNCCc1c(C)[nH]c(/C=C2/C(=O)NN=C2c2ccncn2)c1C. The molecule has 1 amide bonds. The lowest BCUT2D eigenvalue weighted by molar-refractivity contribution is -0.116. The monoisotopic (exact) mass is 338 g/mol. The molecule has 130 valence electrons. The predicted octanol–water partition coefficient (Wildman–Crippen LogP) is 1.49. The van der Waals surface area contributed by atoms with Crippen molar-refractivity contribution < 1.29 is 4.79 Å². The van der Waals surface area contributed by atoms with Crippen LogP contribution in [-0.2, 0) is 11.2 Å². The molecule has 3 heterocycles. The molecule has 0 spiro atoms. The van der Waals surface area contributed by atoms with Crippen molar-refractivity contribution in [2.24, 2.45) is 5.10 Å². The third-order valence-electron chi connectivity index (χ3n) is 4.32. The summed E-state index contributed by atoms with van der Waals surface area (Å²) in [6, 6.07) is 1.74. The van der Waals surface area contributed by atoms with Crippen LogP contribution in [0, 0.1) is 13.8 Å². The summed E-state index contributed by atoms with van der Waals surface area (Å²) >= 11 is 0. The Kier molecular flexibility index (Phi) is 5.04. The van der Waals surface area contributed by atoms with E-state index < -0.39 is 0 Å². The molecule has 0 aromatic carbocycles. The quantitative estimate of drug-likeness (QED) is 0.549. The average Bonchev–Trinajstić information content (AvgIpc) is 3.11. The van der Waals surface area contributed by atoms with Crippen molar-refractivity contribution in [1.29, 1.82) is 0 Å². The van der Waals surface area contributed by atoms with Crippen molar-refractivity contribution >= 4 is 17.7 Å². The van der Waals surface area contributed by atoms with E-state index in [0.717, 1.165) is 36.5 Å². The summed E-state index contributed by atoms with van der Waals surface area (Å²) in [5, 5.41) is 7.46. The highest BCUT2D eigenvalue weighted by molar-refractivity contribution is 6.32. The topological polar surface area (TPSA) is 95.1 Å². The number of hydrazone groups is 1. The first-order valence-corrected chi connectivity index (χ1v) is 8.37. The van der Waals surface area contributed by atoms with Crippen LogP contribution in [-0.4, -0.2) is 39.7 Å². The van der Waals surface area contributed by atoms with Gasteiger partial charge in [0.1, 0.15) is 12.0 Å². The molecule has 0 saturated carbocycles. The number of hydrogen-bond acceptors (Lipinski definition) is 5. The van der Waals surface area contributed by atoms with Crippen LogP contribution in [0.5, 0.6) is 0 Å². The number of nitrogens with zero attached hydrogens (tertiary/aromatic N) is 3.